The van der Waals surface area contributed by atoms with Crippen LogP contribution in [0.5, 0.6) is 5.75 Å². The number of hydrogen-bond acceptors (Lipinski definition) is 3. The Labute approximate surface area is 203 Å². The van der Waals surface area contributed by atoms with E-state index in [2.05, 4.69) is 26.1 Å². The van der Waals surface area contributed by atoms with Crippen molar-refractivity contribution in [3.05, 3.63) is 64.7 Å². The Morgan fingerprint density at radius 1 is 1.06 bits per heavy atom. The lowest BCUT2D eigenvalue weighted by atomic mass is 9.87. The Morgan fingerprint density at radius 3 is 2.24 bits per heavy atom. The second-order valence-electron chi connectivity index (χ2n) is 9.74. The highest BCUT2D eigenvalue weighted by molar-refractivity contribution is 6.31. The fourth-order valence-electron chi connectivity index (χ4n) is 3.43. The molecule has 6 heteroatoms. The first-order valence-corrected chi connectivity index (χ1v) is 11.9. The average Bonchev–Trinajstić information content (AvgIpc) is 2.76. The zero-order valence-corrected chi connectivity index (χ0v) is 21.4. The van der Waals surface area contributed by atoms with Crippen LogP contribution in [0.4, 0.5) is 0 Å². The summed E-state index contributed by atoms with van der Waals surface area (Å²) in [6.07, 6.45) is 0.487. The number of benzene rings is 2. The van der Waals surface area contributed by atoms with Crippen molar-refractivity contribution in [2.24, 2.45) is 5.92 Å². The number of halogens is 1. The summed E-state index contributed by atoms with van der Waals surface area (Å²) in [5, 5.41) is 3.52. The number of ether oxygens (including phenoxy) is 1. The predicted octanol–water partition coefficient (Wildman–Crippen LogP) is 5.60. The lowest BCUT2D eigenvalue weighted by molar-refractivity contribution is -0.143. The van der Waals surface area contributed by atoms with E-state index in [9.17, 15) is 9.59 Å². The molecule has 0 aromatic heterocycles. The summed E-state index contributed by atoms with van der Waals surface area (Å²) >= 11 is 6.36. The van der Waals surface area contributed by atoms with Gasteiger partial charge in [0.05, 0.1) is 0 Å². The number of amides is 2. The van der Waals surface area contributed by atoms with E-state index in [1.807, 2.05) is 63.2 Å². The van der Waals surface area contributed by atoms with Crippen LogP contribution in [0.2, 0.25) is 5.02 Å². The SMILES string of the molecule is CCC(C(=O)NCC(C)C)N(Cc1ccccc1Cl)C(=O)COc1ccc(C(C)(C)C)cc1. The molecule has 0 radical (unpaired) electrons. The van der Waals surface area contributed by atoms with E-state index in [4.69, 9.17) is 16.3 Å². The summed E-state index contributed by atoms with van der Waals surface area (Å²) in [5.41, 5.74) is 2.02. The average molecular weight is 473 g/mol. The minimum Gasteiger partial charge on any atom is -0.484 e. The summed E-state index contributed by atoms with van der Waals surface area (Å²) in [6.45, 7) is 13.0. The highest BCUT2D eigenvalue weighted by atomic mass is 35.5. The molecule has 2 aromatic carbocycles. The first kappa shape index (κ1) is 26.7. The molecule has 0 spiro atoms. The largest absolute Gasteiger partial charge is 0.484 e. The van der Waals surface area contributed by atoms with Gasteiger partial charge in [-0.2, -0.15) is 0 Å². The molecule has 0 saturated heterocycles. The van der Waals surface area contributed by atoms with E-state index < -0.39 is 6.04 Å². The molecule has 2 aromatic rings. The van der Waals surface area contributed by atoms with E-state index in [-0.39, 0.29) is 30.4 Å². The Hall–Kier alpha value is -2.53. The number of carbonyl (C=O) groups is 2. The van der Waals surface area contributed by atoms with Crippen LogP contribution in [-0.4, -0.2) is 35.9 Å². The van der Waals surface area contributed by atoms with Crippen LogP contribution in [0.25, 0.3) is 0 Å². The normalized spacial score (nSPS) is 12.4. The van der Waals surface area contributed by atoms with Gasteiger partial charge in [0.1, 0.15) is 11.8 Å². The Balaban J connectivity index is 2.19. The third-order valence-electron chi connectivity index (χ3n) is 5.45. The molecule has 0 saturated carbocycles. The molecule has 0 fully saturated rings. The molecule has 0 bridgehead atoms. The maximum atomic E-state index is 13.3. The third kappa shape index (κ3) is 8.08. The van der Waals surface area contributed by atoms with Crippen molar-refractivity contribution in [2.75, 3.05) is 13.2 Å². The molecule has 5 nitrogen and oxygen atoms in total. The number of hydrogen-bond donors (Lipinski definition) is 1. The number of nitrogens with one attached hydrogen (secondary N) is 1. The van der Waals surface area contributed by atoms with Crippen molar-refractivity contribution in [1.29, 1.82) is 0 Å². The van der Waals surface area contributed by atoms with Crippen molar-refractivity contribution in [1.82, 2.24) is 10.2 Å². The van der Waals surface area contributed by atoms with Crippen LogP contribution in [0.15, 0.2) is 48.5 Å². The molecule has 1 atom stereocenters. The van der Waals surface area contributed by atoms with Gasteiger partial charge < -0.3 is 15.0 Å². The first-order valence-electron chi connectivity index (χ1n) is 11.6. The van der Waals surface area contributed by atoms with Gasteiger partial charge in [0.25, 0.3) is 5.91 Å². The van der Waals surface area contributed by atoms with Gasteiger partial charge in [-0.25, -0.2) is 0 Å². The maximum Gasteiger partial charge on any atom is 0.261 e. The predicted molar refractivity (Wildman–Crippen MR) is 135 cm³/mol. The molecule has 180 valence electrons. The van der Waals surface area contributed by atoms with E-state index in [1.165, 1.54) is 5.56 Å². The molecular formula is C27H37ClN2O3. The number of carbonyl (C=O) groups excluding carboxylic acids is 2. The number of nitrogens with zero attached hydrogens (tertiary/aromatic N) is 1. The van der Waals surface area contributed by atoms with Crippen molar-refractivity contribution >= 4 is 23.4 Å². The van der Waals surface area contributed by atoms with Crippen LogP contribution in [0.3, 0.4) is 0 Å². The van der Waals surface area contributed by atoms with E-state index in [0.29, 0.717) is 29.7 Å². The van der Waals surface area contributed by atoms with Crippen molar-refractivity contribution in [3.8, 4) is 5.75 Å². The highest BCUT2D eigenvalue weighted by Gasteiger charge is 2.29. The monoisotopic (exact) mass is 472 g/mol. The van der Waals surface area contributed by atoms with Gasteiger partial charge in [0, 0.05) is 18.1 Å². The minimum atomic E-state index is -0.612. The second kappa shape index (κ2) is 12.1. The molecule has 33 heavy (non-hydrogen) atoms. The number of rotatable bonds is 10. The quantitative estimate of drug-likeness (QED) is 0.490. The zero-order valence-electron chi connectivity index (χ0n) is 20.7. The minimum absolute atomic E-state index is 0.0395. The van der Waals surface area contributed by atoms with E-state index >= 15 is 0 Å². The van der Waals surface area contributed by atoms with Crippen LogP contribution >= 0.6 is 11.6 Å². The molecular weight excluding hydrogens is 436 g/mol. The summed E-state index contributed by atoms with van der Waals surface area (Å²) in [4.78, 5) is 27.8. The zero-order chi connectivity index (χ0) is 24.6. The molecule has 0 aliphatic heterocycles. The molecule has 0 heterocycles. The maximum absolute atomic E-state index is 13.3. The van der Waals surface area contributed by atoms with Crippen LogP contribution < -0.4 is 10.1 Å². The van der Waals surface area contributed by atoms with Gasteiger partial charge in [0.2, 0.25) is 5.91 Å². The third-order valence-corrected chi connectivity index (χ3v) is 5.82. The van der Waals surface area contributed by atoms with Crippen LogP contribution in [0.1, 0.15) is 59.1 Å². The summed E-state index contributed by atoms with van der Waals surface area (Å²) in [6, 6.07) is 14.5. The fraction of sp³-hybridized carbons (Fsp3) is 0.481. The molecule has 0 aliphatic rings. The lowest BCUT2D eigenvalue weighted by Gasteiger charge is -2.31. The standard InChI is InChI=1S/C27H37ClN2O3/c1-7-24(26(32)29-16-19(2)3)30(17-20-10-8-9-11-23(20)28)25(31)18-33-22-14-12-21(13-15-22)27(4,5)6/h8-15,19,24H,7,16-18H2,1-6H3,(H,29,32). The molecule has 2 rings (SSSR count). The van der Waals surface area contributed by atoms with Gasteiger partial charge in [-0.05, 0) is 47.1 Å². The van der Waals surface area contributed by atoms with Gasteiger partial charge in [-0.3, -0.25) is 9.59 Å². The van der Waals surface area contributed by atoms with E-state index in [1.54, 1.807) is 11.0 Å². The van der Waals surface area contributed by atoms with E-state index in [0.717, 1.165) is 5.56 Å². The molecule has 1 N–H and O–H groups in total. The highest BCUT2D eigenvalue weighted by Crippen LogP contribution is 2.25. The van der Waals surface area contributed by atoms with Gasteiger partial charge in [-0.15, -0.1) is 0 Å². The lowest BCUT2D eigenvalue weighted by Crippen LogP contribution is -2.50. The fourth-order valence-corrected chi connectivity index (χ4v) is 3.63. The van der Waals surface area contributed by atoms with Crippen molar-refractivity contribution in [2.45, 2.75) is 66.0 Å². The van der Waals surface area contributed by atoms with Gasteiger partial charge in [0.15, 0.2) is 6.61 Å². The molecule has 1 unspecified atom stereocenters. The summed E-state index contributed by atoms with van der Waals surface area (Å²) in [7, 11) is 0. The first-order chi connectivity index (χ1) is 15.5. The molecule has 2 amide bonds. The second-order valence-corrected chi connectivity index (χ2v) is 10.1. The van der Waals surface area contributed by atoms with Crippen molar-refractivity contribution < 1.29 is 14.3 Å². The Morgan fingerprint density at radius 2 is 1.70 bits per heavy atom. The van der Waals surface area contributed by atoms with Crippen LogP contribution in [-0.2, 0) is 21.5 Å². The molecule has 0 aliphatic carbocycles. The van der Waals surface area contributed by atoms with Crippen molar-refractivity contribution in [3.63, 3.8) is 0 Å². The Kier molecular flexibility index (Phi) is 9.78. The van der Waals surface area contributed by atoms with Crippen LogP contribution in [0, 0.1) is 5.92 Å². The Bertz CT molecular complexity index is 920. The smallest absolute Gasteiger partial charge is 0.261 e. The summed E-state index contributed by atoms with van der Waals surface area (Å²) < 4.78 is 5.80. The van der Waals surface area contributed by atoms with Gasteiger partial charge in [-0.1, -0.05) is 83.5 Å². The topological polar surface area (TPSA) is 58.6 Å². The summed E-state index contributed by atoms with van der Waals surface area (Å²) in [5.74, 6) is 0.507. The van der Waals surface area contributed by atoms with Gasteiger partial charge >= 0.3 is 0 Å².